The summed E-state index contributed by atoms with van der Waals surface area (Å²) in [5, 5.41) is 2.92. The number of nitrogens with one attached hydrogen (secondary N) is 1. The molecule has 2 atom stereocenters. The molecule has 0 spiro atoms. The average Bonchev–Trinajstić information content (AvgIpc) is 2.37. The third-order valence-corrected chi connectivity index (χ3v) is 2.69. The van der Waals surface area contributed by atoms with Crippen LogP contribution in [-0.4, -0.2) is 25.7 Å². The predicted octanol–water partition coefficient (Wildman–Crippen LogP) is 1.23. The first-order chi connectivity index (χ1) is 8.17. The summed E-state index contributed by atoms with van der Waals surface area (Å²) in [7, 11) is 1.56. The Bertz CT molecular complexity index is 337. The van der Waals surface area contributed by atoms with Crippen LogP contribution in [0.4, 0.5) is 0 Å². The molecule has 1 unspecified atom stereocenters. The molecule has 0 aliphatic heterocycles. The lowest BCUT2D eigenvalue weighted by Crippen LogP contribution is -2.33. The summed E-state index contributed by atoms with van der Waals surface area (Å²) in [6, 6.07) is 9.83. The third-order valence-electron chi connectivity index (χ3n) is 2.69. The standard InChI is InChI=1S/C13H20N2O2/c1-10(11-6-4-3-5-7-11)15-13(16)8-12(9-14)17-2/h3-7,10,12H,8-9,14H2,1-2H3,(H,15,16)/t10-,12?/m0/s1. The van der Waals surface area contributed by atoms with E-state index in [4.69, 9.17) is 10.5 Å². The Morgan fingerprint density at radius 2 is 2.06 bits per heavy atom. The zero-order valence-electron chi connectivity index (χ0n) is 10.3. The molecule has 1 aromatic rings. The summed E-state index contributed by atoms with van der Waals surface area (Å²) in [4.78, 5) is 11.7. The van der Waals surface area contributed by atoms with E-state index >= 15 is 0 Å². The summed E-state index contributed by atoms with van der Waals surface area (Å²) >= 11 is 0. The molecule has 4 heteroatoms. The fraction of sp³-hybridized carbons (Fsp3) is 0.462. The van der Waals surface area contributed by atoms with Crippen LogP contribution in [0.1, 0.15) is 24.9 Å². The number of nitrogens with two attached hydrogens (primary N) is 1. The molecule has 94 valence electrons. The van der Waals surface area contributed by atoms with Gasteiger partial charge in [-0.15, -0.1) is 0 Å². The molecule has 17 heavy (non-hydrogen) atoms. The topological polar surface area (TPSA) is 64.3 Å². The molecule has 0 aliphatic carbocycles. The molecule has 1 rings (SSSR count). The van der Waals surface area contributed by atoms with Gasteiger partial charge in [0.05, 0.1) is 18.6 Å². The minimum atomic E-state index is -0.210. The van der Waals surface area contributed by atoms with Gasteiger partial charge >= 0.3 is 0 Å². The number of rotatable bonds is 6. The van der Waals surface area contributed by atoms with Crippen molar-refractivity contribution in [3.63, 3.8) is 0 Å². The van der Waals surface area contributed by atoms with Crippen LogP contribution < -0.4 is 11.1 Å². The van der Waals surface area contributed by atoms with Gasteiger partial charge in [-0.1, -0.05) is 30.3 Å². The maximum absolute atomic E-state index is 11.7. The van der Waals surface area contributed by atoms with E-state index in [1.54, 1.807) is 7.11 Å². The second-order valence-corrected chi connectivity index (χ2v) is 4.00. The molecule has 0 fully saturated rings. The predicted molar refractivity (Wildman–Crippen MR) is 67.5 cm³/mol. The van der Waals surface area contributed by atoms with Crippen LogP contribution in [0.15, 0.2) is 30.3 Å². The van der Waals surface area contributed by atoms with Crippen LogP contribution >= 0.6 is 0 Å². The summed E-state index contributed by atoms with van der Waals surface area (Å²) in [6.07, 6.45) is 0.0856. The molecule has 1 aromatic carbocycles. The van der Waals surface area contributed by atoms with E-state index in [2.05, 4.69) is 5.32 Å². The molecule has 0 saturated heterocycles. The number of amides is 1. The molecule has 3 N–H and O–H groups in total. The van der Waals surface area contributed by atoms with Gasteiger partial charge in [-0.05, 0) is 12.5 Å². The smallest absolute Gasteiger partial charge is 0.223 e. The minimum absolute atomic E-state index is 0.000944. The third kappa shape index (κ3) is 4.54. The quantitative estimate of drug-likeness (QED) is 0.780. The van der Waals surface area contributed by atoms with E-state index < -0.39 is 0 Å². The lowest BCUT2D eigenvalue weighted by atomic mass is 10.1. The minimum Gasteiger partial charge on any atom is -0.380 e. The van der Waals surface area contributed by atoms with Crippen LogP contribution in [0.2, 0.25) is 0 Å². The van der Waals surface area contributed by atoms with Crippen molar-refractivity contribution in [1.29, 1.82) is 0 Å². The molecule has 0 heterocycles. The first kappa shape index (κ1) is 13.7. The fourth-order valence-corrected chi connectivity index (χ4v) is 1.60. The summed E-state index contributed by atoms with van der Waals surface area (Å²) in [5.74, 6) is -0.0429. The van der Waals surface area contributed by atoms with E-state index in [-0.39, 0.29) is 18.1 Å². The van der Waals surface area contributed by atoms with Gasteiger partial charge in [0.1, 0.15) is 0 Å². The molecule has 4 nitrogen and oxygen atoms in total. The van der Waals surface area contributed by atoms with Crippen LogP contribution in [0, 0.1) is 0 Å². The highest BCUT2D eigenvalue weighted by atomic mass is 16.5. The molecule has 0 radical (unpaired) electrons. The highest BCUT2D eigenvalue weighted by Crippen LogP contribution is 2.11. The first-order valence-corrected chi connectivity index (χ1v) is 5.74. The van der Waals surface area contributed by atoms with E-state index in [9.17, 15) is 4.79 Å². The van der Waals surface area contributed by atoms with Gasteiger partial charge in [0.2, 0.25) is 5.91 Å². The number of hydrogen-bond acceptors (Lipinski definition) is 3. The van der Waals surface area contributed by atoms with Crippen molar-refractivity contribution in [2.24, 2.45) is 5.73 Å². The highest BCUT2D eigenvalue weighted by molar-refractivity contribution is 5.76. The molecule has 0 aliphatic rings. The van der Waals surface area contributed by atoms with Crippen molar-refractivity contribution in [1.82, 2.24) is 5.32 Å². The zero-order chi connectivity index (χ0) is 12.7. The van der Waals surface area contributed by atoms with Crippen molar-refractivity contribution in [3.8, 4) is 0 Å². The lowest BCUT2D eigenvalue weighted by molar-refractivity contribution is -0.124. The van der Waals surface area contributed by atoms with Gasteiger partial charge < -0.3 is 15.8 Å². The van der Waals surface area contributed by atoms with Gasteiger partial charge in [-0.2, -0.15) is 0 Å². The van der Waals surface area contributed by atoms with Crippen molar-refractivity contribution >= 4 is 5.91 Å². The SMILES string of the molecule is COC(CN)CC(=O)N[C@@H](C)c1ccccc1. The van der Waals surface area contributed by atoms with Gasteiger partial charge in [-0.25, -0.2) is 0 Å². The van der Waals surface area contributed by atoms with Crippen molar-refractivity contribution in [3.05, 3.63) is 35.9 Å². The lowest BCUT2D eigenvalue weighted by Gasteiger charge is -2.17. The molecule has 0 bridgehead atoms. The summed E-state index contributed by atoms with van der Waals surface area (Å²) in [6.45, 7) is 2.31. The van der Waals surface area contributed by atoms with Crippen molar-refractivity contribution in [2.75, 3.05) is 13.7 Å². The van der Waals surface area contributed by atoms with Crippen LogP contribution in [-0.2, 0) is 9.53 Å². The van der Waals surface area contributed by atoms with E-state index in [0.29, 0.717) is 13.0 Å². The largest absolute Gasteiger partial charge is 0.380 e. The Morgan fingerprint density at radius 3 is 2.59 bits per heavy atom. The molecule has 1 amide bonds. The second kappa shape index (κ2) is 7.04. The number of hydrogen-bond donors (Lipinski definition) is 2. The van der Waals surface area contributed by atoms with Crippen LogP contribution in [0.3, 0.4) is 0 Å². The van der Waals surface area contributed by atoms with Gasteiger partial charge in [0.15, 0.2) is 0 Å². The van der Waals surface area contributed by atoms with Crippen molar-refractivity contribution < 1.29 is 9.53 Å². The monoisotopic (exact) mass is 236 g/mol. The summed E-state index contributed by atoms with van der Waals surface area (Å²) in [5.41, 5.74) is 6.55. The number of ether oxygens (including phenoxy) is 1. The Morgan fingerprint density at radius 1 is 1.41 bits per heavy atom. The molecule has 0 aromatic heterocycles. The summed E-state index contributed by atoms with van der Waals surface area (Å²) < 4.78 is 5.07. The average molecular weight is 236 g/mol. The Hall–Kier alpha value is -1.39. The van der Waals surface area contributed by atoms with Crippen LogP contribution in [0.5, 0.6) is 0 Å². The first-order valence-electron chi connectivity index (χ1n) is 5.74. The number of methoxy groups -OCH3 is 1. The Kier molecular flexibility index (Phi) is 5.66. The normalized spacial score (nSPS) is 14.1. The molecular weight excluding hydrogens is 216 g/mol. The Labute approximate surface area is 102 Å². The molecule has 0 saturated carbocycles. The van der Waals surface area contributed by atoms with Gasteiger partial charge in [-0.3, -0.25) is 4.79 Å². The fourth-order valence-electron chi connectivity index (χ4n) is 1.60. The van der Waals surface area contributed by atoms with Gasteiger partial charge in [0.25, 0.3) is 0 Å². The maximum atomic E-state index is 11.7. The Balaban J connectivity index is 2.46. The zero-order valence-corrected chi connectivity index (χ0v) is 10.3. The second-order valence-electron chi connectivity index (χ2n) is 4.00. The van der Waals surface area contributed by atoms with E-state index in [1.807, 2.05) is 37.3 Å². The van der Waals surface area contributed by atoms with Crippen molar-refractivity contribution in [2.45, 2.75) is 25.5 Å². The number of carbonyl (C=O) groups excluding carboxylic acids is 1. The van der Waals surface area contributed by atoms with E-state index in [0.717, 1.165) is 5.56 Å². The van der Waals surface area contributed by atoms with Gasteiger partial charge in [0, 0.05) is 13.7 Å². The van der Waals surface area contributed by atoms with E-state index in [1.165, 1.54) is 0 Å². The molecular formula is C13H20N2O2. The maximum Gasteiger partial charge on any atom is 0.223 e. The highest BCUT2D eigenvalue weighted by Gasteiger charge is 2.14. The van der Waals surface area contributed by atoms with Crippen LogP contribution in [0.25, 0.3) is 0 Å². The number of carbonyl (C=O) groups is 1. The number of benzene rings is 1.